The van der Waals surface area contributed by atoms with Crippen LogP contribution in [-0.2, 0) is 4.79 Å². The van der Waals surface area contributed by atoms with E-state index < -0.39 is 5.97 Å². The van der Waals surface area contributed by atoms with Gasteiger partial charge in [-0.2, -0.15) is 11.3 Å². The zero-order chi connectivity index (χ0) is 10.7. The van der Waals surface area contributed by atoms with Gasteiger partial charge >= 0.3 is 5.97 Å². The maximum atomic E-state index is 10.2. The van der Waals surface area contributed by atoms with Gasteiger partial charge in [0.25, 0.3) is 0 Å². The van der Waals surface area contributed by atoms with E-state index in [0.29, 0.717) is 0 Å². The van der Waals surface area contributed by atoms with Crippen molar-refractivity contribution in [2.75, 3.05) is 0 Å². The molecule has 2 aromatic heterocycles. The predicted molar refractivity (Wildman–Crippen MR) is 65.5 cm³/mol. The highest BCUT2D eigenvalue weighted by Crippen LogP contribution is 2.29. The summed E-state index contributed by atoms with van der Waals surface area (Å²) in [4.78, 5) is 11.3. The highest BCUT2D eigenvalue weighted by Gasteiger charge is 1.98. The van der Waals surface area contributed by atoms with E-state index in [1.165, 1.54) is 16.2 Å². The summed E-state index contributed by atoms with van der Waals surface area (Å²) in [6.07, 6.45) is 6.29. The summed E-state index contributed by atoms with van der Waals surface area (Å²) >= 11 is 3.40. The molecule has 0 aromatic carbocycles. The lowest BCUT2D eigenvalue weighted by Crippen LogP contribution is -1.84. The largest absolute Gasteiger partial charge is 0.478 e. The fourth-order valence-corrected chi connectivity index (χ4v) is 3.09. The van der Waals surface area contributed by atoms with Crippen LogP contribution in [0.15, 0.2) is 35.1 Å². The zero-order valence-electron chi connectivity index (χ0n) is 7.71. The molecule has 0 amide bonds. The second-order valence-electron chi connectivity index (χ2n) is 2.90. The van der Waals surface area contributed by atoms with E-state index in [-0.39, 0.29) is 0 Å². The summed E-state index contributed by atoms with van der Waals surface area (Å²) in [6.45, 7) is 0. The molecule has 0 atom stereocenters. The number of hydrogen-bond acceptors (Lipinski definition) is 3. The topological polar surface area (TPSA) is 37.3 Å². The second kappa shape index (κ2) is 4.42. The van der Waals surface area contributed by atoms with Crippen molar-refractivity contribution < 1.29 is 9.90 Å². The number of allylic oxidation sites excluding steroid dienone is 2. The van der Waals surface area contributed by atoms with Gasteiger partial charge in [-0.15, -0.1) is 11.3 Å². The summed E-state index contributed by atoms with van der Waals surface area (Å²) in [5.41, 5.74) is 0. The van der Waals surface area contributed by atoms with Crippen LogP contribution < -0.4 is 0 Å². The van der Waals surface area contributed by atoms with Crippen molar-refractivity contribution in [3.05, 3.63) is 39.9 Å². The summed E-state index contributed by atoms with van der Waals surface area (Å²) in [7, 11) is 0. The molecule has 0 aliphatic heterocycles. The van der Waals surface area contributed by atoms with Gasteiger partial charge in [-0.25, -0.2) is 4.79 Å². The Labute approximate surface area is 94.8 Å². The number of fused-ring (bicyclic) bond motifs is 1. The van der Waals surface area contributed by atoms with Gasteiger partial charge in [-0.05, 0) is 17.5 Å². The third-order valence-electron chi connectivity index (χ3n) is 1.79. The molecule has 0 fully saturated rings. The van der Waals surface area contributed by atoms with Gasteiger partial charge in [0.15, 0.2) is 0 Å². The first-order valence-electron chi connectivity index (χ1n) is 4.29. The van der Waals surface area contributed by atoms with E-state index in [0.717, 1.165) is 11.0 Å². The second-order valence-corrected chi connectivity index (χ2v) is 4.76. The SMILES string of the molecule is O=C(O)/C=C/C=C/c1cc2cscc2s1. The first-order chi connectivity index (χ1) is 7.25. The number of rotatable bonds is 3. The molecule has 0 saturated heterocycles. The van der Waals surface area contributed by atoms with Gasteiger partial charge in [-0.3, -0.25) is 0 Å². The molecule has 0 unspecified atom stereocenters. The number of thiophene rings is 2. The lowest BCUT2D eigenvalue weighted by Gasteiger charge is -1.79. The molecule has 0 spiro atoms. The average Bonchev–Trinajstić information content (AvgIpc) is 2.71. The monoisotopic (exact) mass is 236 g/mol. The smallest absolute Gasteiger partial charge is 0.328 e. The third-order valence-corrected chi connectivity index (χ3v) is 3.76. The number of carbonyl (C=O) groups is 1. The third kappa shape index (κ3) is 2.55. The van der Waals surface area contributed by atoms with Gasteiger partial charge < -0.3 is 5.11 Å². The Morgan fingerprint density at radius 1 is 1.33 bits per heavy atom. The molecule has 0 radical (unpaired) electrons. The Morgan fingerprint density at radius 3 is 2.93 bits per heavy atom. The normalized spacial score (nSPS) is 12.0. The van der Waals surface area contributed by atoms with Crippen LogP contribution in [0.1, 0.15) is 4.88 Å². The minimum Gasteiger partial charge on any atom is -0.478 e. The van der Waals surface area contributed by atoms with Crippen molar-refractivity contribution >= 4 is 44.8 Å². The Kier molecular flexibility index (Phi) is 2.99. The van der Waals surface area contributed by atoms with E-state index >= 15 is 0 Å². The first kappa shape index (κ1) is 10.1. The molecule has 0 bridgehead atoms. The van der Waals surface area contributed by atoms with Crippen molar-refractivity contribution in [3.63, 3.8) is 0 Å². The van der Waals surface area contributed by atoms with Crippen LogP contribution >= 0.6 is 22.7 Å². The molecule has 4 heteroatoms. The fraction of sp³-hybridized carbons (Fsp3) is 0. The maximum Gasteiger partial charge on any atom is 0.328 e. The molecule has 0 aliphatic rings. The molecule has 0 aliphatic carbocycles. The molecule has 2 nitrogen and oxygen atoms in total. The summed E-state index contributed by atoms with van der Waals surface area (Å²) < 4.78 is 1.28. The Morgan fingerprint density at radius 2 is 2.20 bits per heavy atom. The Hall–Kier alpha value is -1.39. The van der Waals surface area contributed by atoms with E-state index in [2.05, 4.69) is 16.8 Å². The molecule has 2 aromatic rings. The predicted octanol–water partition coefficient (Wildman–Crippen LogP) is 3.62. The van der Waals surface area contributed by atoms with Crippen LogP contribution in [0.3, 0.4) is 0 Å². The van der Waals surface area contributed by atoms with E-state index in [4.69, 9.17) is 5.11 Å². The average molecular weight is 236 g/mol. The van der Waals surface area contributed by atoms with Crippen molar-refractivity contribution in [1.82, 2.24) is 0 Å². The lowest BCUT2D eigenvalue weighted by atomic mass is 10.3. The molecule has 2 heterocycles. The molecule has 1 N–H and O–H groups in total. The summed E-state index contributed by atoms with van der Waals surface area (Å²) in [6, 6.07) is 2.10. The van der Waals surface area contributed by atoms with E-state index in [1.54, 1.807) is 28.7 Å². The maximum absolute atomic E-state index is 10.2. The first-order valence-corrected chi connectivity index (χ1v) is 6.05. The highest BCUT2D eigenvalue weighted by atomic mass is 32.1. The zero-order valence-corrected chi connectivity index (χ0v) is 9.35. The molecule has 2 rings (SSSR count). The number of hydrogen-bond donors (Lipinski definition) is 1. The van der Waals surface area contributed by atoms with Gasteiger partial charge in [-0.1, -0.05) is 12.2 Å². The van der Waals surface area contributed by atoms with Crippen LogP contribution in [0, 0.1) is 0 Å². The van der Waals surface area contributed by atoms with Crippen LogP contribution in [0.4, 0.5) is 0 Å². The Bertz CT molecular complexity index is 503. The summed E-state index contributed by atoms with van der Waals surface area (Å²) in [5.74, 6) is -0.925. The van der Waals surface area contributed by atoms with Crippen LogP contribution in [0.25, 0.3) is 16.2 Å². The van der Waals surface area contributed by atoms with E-state index in [9.17, 15) is 4.79 Å². The molecular formula is C11H8O2S2. The van der Waals surface area contributed by atoms with Crippen LogP contribution in [0.2, 0.25) is 0 Å². The van der Waals surface area contributed by atoms with Gasteiger partial charge in [0, 0.05) is 26.4 Å². The van der Waals surface area contributed by atoms with Crippen molar-refractivity contribution in [2.45, 2.75) is 0 Å². The number of carboxylic acids is 1. The van der Waals surface area contributed by atoms with Gasteiger partial charge in [0.05, 0.1) is 0 Å². The van der Waals surface area contributed by atoms with E-state index in [1.807, 2.05) is 6.08 Å². The van der Waals surface area contributed by atoms with Gasteiger partial charge in [0.2, 0.25) is 0 Å². The highest BCUT2D eigenvalue weighted by molar-refractivity contribution is 7.23. The standard InChI is InChI=1S/C11H8O2S2/c12-11(13)4-2-1-3-9-5-8-6-14-7-10(8)15-9/h1-7H,(H,12,13)/b3-1+,4-2+. The quantitative estimate of drug-likeness (QED) is 0.653. The van der Waals surface area contributed by atoms with Crippen LogP contribution in [0.5, 0.6) is 0 Å². The molecular weight excluding hydrogens is 228 g/mol. The minimum absolute atomic E-state index is 0.925. The minimum atomic E-state index is -0.925. The number of aliphatic carboxylic acids is 1. The van der Waals surface area contributed by atoms with Crippen molar-refractivity contribution in [1.29, 1.82) is 0 Å². The molecule has 0 saturated carbocycles. The van der Waals surface area contributed by atoms with Crippen molar-refractivity contribution in [3.8, 4) is 0 Å². The lowest BCUT2D eigenvalue weighted by molar-refractivity contribution is -0.131. The van der Waals surface area contributed by atoms with Crippen LogP contribution in [-0.4, -0.2) is 11.1 Å². The van der Waals surface area contributed by atoms with Gasteiger partial charge in [0.1, 0.15) is 0 Å². The number of carboxylic acid groups (broad SMARTS) is 1. The molecule has 15 heavy (non-hydrogen) atoms. The molecule has 76 valence electrons. The Balaban J connectivity index is 2.12. The summed E-state index contributed by atoms with van der Waals surface area (Å²) in [5, 5.41) is 13.9. The fourth-order valence-electron chi connectivity index (χ4n) is 1.16. The van der Waals surface area contributed by atoms with Crippen molar-refractivity contribution in [2.24, 2.45) is 0 Å².